The van der Waals surface area contributed by atoms with E-state index in [0.29, 0.717) is 13.0 Å². The number of benzene rings is 1. The van der Waals surface area contributed by atoms with Crippen LogP contribution in [0.25, 0.3) is 0 Å². The van der Waals surface area contributed by atoms with Gasteiger partial charge in [0, 0.05) is 18.7 Å². The summed E-state index contributed by atoms with van der Waals surface area (Å²) in [5.74, 6) is 0. The van der Waals surface area contributed by atoms with Crippen LogP contribution >= 0.6 is 0 Å². The zero-order valence-electron chi connectivity index (χ0n) is 11.0. The maximum absolute atomic E-state index is 12.4. The number of nitrogens with one attached hydrogen (secondary N) is 2. The van der Waals surface area contributed by atoms with Crippen molar-refractivity contribution in [3.8, 4) is 0 Å². The number of anilines is 1. The molecule has 1 heterocycles. The third-order valence-electron chi connectivity index (χ3n) is 3.13. The summed E-state index contributed by atoms with van der Waals surface area (Å²) in [6.45, 7) is 0.589. The van der Waals surface area contributed by atoms with Crippen molar-refractivity contribution < 1.29 is 27.8 Å². The number of halogens is 3. The molecule has 0 bridgehead atoms. The van der Waals surface area contributed by atoms with E-state index in [2.05, 4.69) is 10.6 Å². The van der Waals surface area contributed by atoms with Gasteiger partial charge in [0.25, 0.3) is 0 Å². The summed E-state index contributed by atoms with van der Waals surface area (Å²) >= 11 is 0. The highest BCUT2D eigenvalue weighted by molar-refractivity contribution is 5.89. The molecule has 1 atom stereocenters. The van der Waals surface area contributed by atoms with E-state index in [9.17, 15) is 23.1 Å². The van der Waals surface area contributed by atoms with Gasteiger partial charge in [-0.05, 0) is 24.3 Å². The first-order valence-electron chi connectivity index (χ1n) is 6.31. The summed E-state index contributed by atoms with van der Waals surface area (Å²) in [7, 11) is 0. The molecule has 0 aromatic heterocycles. The molecule has 1 aliphatic rings. The molecule has 5 nitrogen and oxygen atoms in total. The standard InChI is InChI=1S/C13H15F3N2O3/c14-13(15,16)9-1-3-10(4-2-9)18-11(19)17-7-12(20)5-6-21-8-12/h1-4,20H,5-8H2,(H2,17,18,19)/t12-/m0/s1. The fourth-order valence-corrected chi connectivity index (χ4v) is 1.90. The van der Waals surface area contributed by atoms with Gasteiger partial charge < -0.3 is 20.5 Å². The minimum atomic E-state index is -4.41. The van der Waals surface area contributed by atoms with Gasteiger partial charge in [0.1, 0.15) is 5.60 Å². The lowest BCUT2D eigenvalue weighted by Gasteiger charge is -2.20. The quantitative estimate of drug-likeness (QED) is 0.799. The Morgan fingerprint density at radius 2 is 2.00 bits per heavy atom. The first kappa shape index (κ1) is 15.6. The van der Waals surface area contributed by atoms with Crippen LogP contribution in [-0.4, -0.2) is 36.5 Å². The van der Waals surface area contributed by atoms with E-state index in [1.807, 2.05) is 0 Å². The lowest BCUT2D eigenvalue weighted by molar-refractivity contribution is -0.137. The highest BCUT2D eigenvalue weighted by atomic mass is 19.4. The third-order valence-corrected chi connectivity index (χ3v) is 3.13. The van der Waals surface area contributed by atoms with E-state index in [1.165, 1.54) is 0 Å². The fourth-order valence-electron chi connectivity index (χ4n) is 1.90. The highest BCUT2D eigenvalue weighted by Crippen LogP contribution is 2.29. The van der Waals surface area contributed by atoms with Crippen molar-refractivity contribution in [2.75, 3.05) is 25.1 Å². The smallest absolute Gasteiger partial charge is 0.386 e. The van der Waals surface area contributed by atoms with Gasteiger partial charge in [0.05, 0.1) is 18.7 Å². The monoisotopic (exact) mass is 304 g/mol. The Morgan fingerprint density at radius 3 is 2.52 bits per heavy atom. The molecule has 1 aliphatic heterocycles. The average Bonchev–Trinajstić information content (AvgIpc) is 2.84. The minimum Gasteiger partial charge on any atom is -0.386 e. The molecule has 2 amide bonds. The normalized spacial score (nSPS) is 22.1. The van der Waals surface area contributed by atoms with Crippen molar-refractivity contribution in [2.45, 2.75) is 18.2 Å². The molecule has 1 saturated heterocycles. The van der Waals surface area contributed by atoms with Crippen molar-refractivity contribution in [3.05, 3.63) is 29.8 Å². The number of carbonyl (C=O) groups excluding carboxylic acids is 1. The van der Waals surface area contributed by atoms with Gasteiger partial charge in [-0.2, -0.15) is 13.2 Å². The maximum atomic E-state index is 12.4. The molecule has 116 valence electrons. The van der Waals surface area contributed by atoms with E-state index < -0.39 is 23.4 Å². The van der Waals surface area contributed by atoms with Crippen LogP contribution in [0.1, 0.15) is 12.0 Å². The Balaban J connectivity index is 1.85. The van der Waals surface area contributed by atoms with Crippen LogP contribution in [0.2, 0.25) is 0 Å². The predicted octanol–water partition coefficient (Wildman–Crippen LogP) is 1.98. The van der Waals surface area contributed by atoms with Crippen molar-refractivity contribution in [1.29, 1.82) is 0 Å². The van der Waals surface area contributed by atoms with Crippen molar-refractivity contribution >= 4 is 11.7 Å². The molecular formula is C13H15F3N2O3. The molecule has 0 spiro atoms. The third kappa shape index (κ3) is 4.33. The van der Waals surface area contributed by atoms with E-state index in [4.69, 9.17) is 4.74 Å². The number of rotatable bonds is 3. The number of hydrogen-bond acceptors (Lipinski definition) is 3. The van der Waals surface area contributed by atoms with E-state index in [-0.39, 0.29) is 18.8 Å². The van der Waals surface area contributed by atoms with Crippen molar-refractivity contribution in [1.82, 2.24) is 5.32 Å². The first-order chi connectivity index (χ1) is 9.78. The summed E-state index contributed by atoms with van der Waals surface area (Å²) < 4.78 is 42.2. The Morgan fingerprint density at radius 1 is 1.33 bits per heavy atom. The molecule has 8 heteroatoms. The van der Waals surface area contributed by atoms with Crippen molar-refractivity contribution in [3.63, 3.8) is 0 Å². The van der Waals surface area contributed by atoms with Crippen molar-refractivity contribution in [2.24, 2.45) is 0 Å². The number of hydrogen-bond donors (Lipinski definition) is 3. The van der Waals surface area contributed by atoms with Crippen LogP contribution in [0.3, 0.4) is 0 Å². The number of aliphatic hydroxyl groups is 1. The Bertz CT molecular complexity index is 496. The second kappa shape index (κ2) is 5.90. The SMILES string of the molecule is O=C(NC[C@@]1(O)CCOC1)Nc1ccc(C(F)(F)F)cc1. The van der Waals surface area contributed by atoms with Gasteiger partial charge in [-0.1, -0.05) is 0 Å². The van der Waals surface area contributed by atoms with E-state index in [0.717, 1.165) is 24.3 Å². The molecule has 0 saturated carbocycles. The number of urea groups is 1. The zero-order chi connectivity index (χ0) is 15.5. The van der Waals surface area contributed by atoms with E-state index >= 15 is 0 Å². The second-order valence-corrected chi connectivity index (χ2v) is 4.91. The molecule has 1 aromatic rings. The summed E-state index contributed by atoms with van der Waals surface area (Å²) in [6.07, 6.45) is -3.99. The maximum Gasteiger partial charge on any atom is 0.416 e. The van der Waals surface area contributed by atoms with Gasteiger partial charge in [-0.25, -0.2) is 4.79 Å². The molecule has 0 radical (unpaired) electrons. The summed E-state index contributed by atoms with van der Waals surface area (Å²) in [5.41, 5.74) is -1.64. The molecule has 1 aromatic carbocycles. The number of amides is 2. The van der Waals surface area contributed by atoms with Gasteiger partial charge in [0.15, 0.2) is 0 Å². The summed E-state index contributed by atoms with van der Waals surface area (Å²) in [6, 6.07) is 3.49. The average molecular weight is 304 g/mol. The van der Waals surface area contributed by atoms with Crippen LogP contribution in [0.15, 0.2) is 24.3 Å². The largest absolute Gasteiger partial charge is 0.416 e. The van der Waals surface area contributed by atoms with Gasteiger partial charge >= 0.3 is 12.2 Å². The molecule has 21 heavy (non-hydrogen) atoms. The Hall–Kier alpha value is -1.80. The molecular weight excluding hydrogens is 289 g/mol. The van der Waals surface area contributed by atoms with Crippen LogP contribution in [0.4, 0.5) is 23.7 Å². The van der Waals surface area contributed by atoms with Gasteiger partial charge in [-0.15, -0.1) is 0 Å². The zero-order valence-corrected chi connectivity index (χ0v) is 11.0. The number of carbonyl (C=O) groups is 1. The molecule has 0 unspecified atom stereocenters. The number of ether oxygens (including phenoxy) is 1. The highest BCUT2D eigenvalue weighted by Gasteiger charge is 2.32. The summed E-state index contributed by atoms with van der Waals surface area (Å²) in [4.78, 5) is 11.6. The van der Waals surface area contributed by atoms with Crippen LogP contribution < -0.4 is 10.6 Å². The van der Waals surface area contributed by atoms with Crippen LogP contribution in [0.5, 0.6) is 0 Å². The lowest BCUT2D eigenvalue weighted by atomic mass is 10.0. The number of alkyl halides is 3. The minimum absolute atomic E-state index is 0.0134. The Kier molecular flexibility index (Phi) is 4.38. The van der Waals surface area contributed by atoms with E-state index in [1.54, 1.807) is 0 Å². The van der Waals surface area contributed by atoms with Crippen LogP contribution in [-0.2, 0) is 10.9 Å². The predicted molar refractivity (Wildman–Crippen MR) is 68.9 cm³/mol. The van der Waals surface area contributed by atoms with Gasteiger partial charge in [0.2, 0.25) is 0 Å². The molecule has 3 N–H and O–H groups in total. The second-order valence-electron chi connectivity index (χ2n) is 4.91. The fraction of sp³-hybridized carbons (Fsp3) is 0.462. The first-order valence-corrected chi connectivity index (χ1v) is 6.31. The summed E-state index contributed by atoms with van der Waals surface area (Å²) in [5, 5.41) is 14.8. The molecule has 2 rings (SSSR count). The lowest BCUT2D eigenvalue weighted by Crippen LogP contribution is -2.44. The topological polar surface area (TPSA) is 70.6 Å². The molecule has 0 aliphatic carbocycles. The van der Waals surface area contributed by atoms with Gasteiger partial charge in [-0.3, -0.25) is 0 Å². The molecule has 1 fully saturated rings. The Labute approximate surface area is 119 Å². The van der Waals surface area contributed by atoms with Crippen LogP contribution in [0, 0.1) is 0 Å².